The minimum absolute atomic E-state index is 0.0182. The number of anilines is 1. The molecule has 1 fully saturated rings. The summed E-state index contributed by atoms with van der Waals surface area (Å²) in [4.78, 5) is 38.6. The highest BCUT2D eigenvalue weighted by Gasteiger charge is 2.36. The molecule has 3 amide bonds. The van der Waals surface area contributed by atoms with Crippen LogP contribution in [0.4, 0.5) is 10.5 Å². The van der Waals surface area contributed by atoms with Crippen molar-refractivity contribution in [2.45, 2.75) is 20.0 Å². The first-order chi connectivity index (χ1) is 15.3. The number of imide groups is 1. The number of amides is 3. The van der Waals surface area contributed by atoms with Gasteiger partial charge in [0.15, 0.2) is 11.5 Å². The smallest absolute Gasteiger partial charge is 0.294 e. The number of rotatable bonds is 8. The van der Waals surface area contributed by atoms with Crippen molar-refractivity contribution in [3.05, 3.63) is 52.9 Å². The number of hydrogen-bond acceptors (Lipinski definition) is 7. The number of methoxy groups -OCH3 is 2. The van der Waals surface area contributed by atoms with Gasteiger partial charge in [0.05, 0.1) is 25.2 Å². The van der Waals surface area contributed by atoms with E-state index in [0.717, 1.165) is 16.7 Å². The second-order valence-electron chi connectivity index (χ2n) is 7.12. The van der Waals surface area contributed by atoms with E-state index in [1.165, 1.54) is 7.11 Å². The fourth-order valence-electron chi connectivity index (χ4n) is 2.93. The minimum Gasteiger partial charge on any atom is -0.497 e. The van der Waals surface area contributed by atoms with E-state index in [-0.39, 0.29) is 17.6 Å². The summed E-state index contributed by atoms with van der Waals surface area (Å²) in [6, 6.07) is 12.0. The van der Waals surface area contributed by atoms with E-state index >= 15 is 0 Å². The van der Waals surface area contributed by atoms with Gasteiger partial charge in [-0.3, -0.25) is 19.3 Å². The third kappa shape index (κ3) is 5.61. The van der Waals surface area contributed by atoms with Crippen molar-refractivity contribution in [3.63, 3.8) is 0 Å². The molecule has 0 aromatic heterocycles. The molecule has 1 saturated heterocycles. The van der Waals surface area contributed by atoms with E-state index in [4.69, 9.17) is 14.2 Å². The van der Waals surface area contributed by atoms with Crippen molar-refractivity contribution >= 4 is 40.6 Å². The van der Waals surface area contributed by atoms with Crippen molar-refractivity contribution in [1.29, 1.82) is 0 Å². The molecule has 0 atom stereocenters. The lowest BCUT2D eigenvalue weighted by Gasteiger charge is -2.14. The average Bonchev–Trinajstić information content (AvgIpc) is 3.02. The molecule has 32 heavy (non-hydrogen) atoms. The van der Waals surface area contributed by atoms with Crippen LogP contribution in [0, 0.1) is 0 Å². The molecule has 0 aliphatic carbocycles. The Balaban J connectivity index is 1.69. The Kier molecular flexibility index (Phi) is 7.42. The van der Waals surface area contributed by atoms with Crippen LogP contribution < -0.4 is 19.5 Å². The first kappa shape index (κ1) is 23.2. The molecular formula is C23H24N2O6S. The van der Waals surface area contributed by atoms with Crippen molar-refractivity contribution < 1.29 is 28.6 Å². The standard InChI is InChI=1S/C23H24N2O6S/c1-14(2)31-18-10-5-15(11-19(18)30-4)12-20-22(27)25(23(28)32-20)13-21(26)24-16-6-8-17(29-3)9-7-16/h5-12,14H,13H2,1-4H3,(H,24,26)/b20-12-. The normalized spacial score (nSPS) is 14.8. The zero-order valence-electron chi connectivity index (χ0n) is 18.2. The van der Waals surface area contributed by atoms with Gasteiger partial charge >= 0.3 is 0 Å². The molecular weight excluding hydrogens is 432 g/mol. The van der Waals surface area contributed by atoms with Gasteiger partial charge in [0, 0.05) is 5.69 Å². The second kappa shape index (κ2) is 10.2. The van der Waals surface area contributed by atoms with Gasteiger partial charge in [-0.25, -0.2) is 0 Å². The van der Waals surface area contributed by atoms with Crippen LogP contribution >= 0.6 is 11.8 Å². The summed E-state index contributed by atoms with van der Waals surface area (Å²) in [5, 5.41) is 2.16. The highest BCUT2D eigenvalue weighted by atomic mass is 32.2. The van der Waals surface area contributed by atoms with Crippen LogP contribution in [0.15, 0.2) is 47.4 Å². The van der Waals surface area contributed by atoms with Crippen LogP contribution in [0.25, 0.3) is 6.08 Å². The molecule has 0 radical (unpaired) electrons. The topological polar surface area (TPSA) is 94.2 Å². The summed E-state index contributed by atoms with van der Waals surface area (Å²) in [7, 11) is 3.08. The minimum atomic E-state index is -0.522. The molecule has 0 unspecified atom stereocenters. The number of nitrogens with zero attached hydrogens (tertiary/aromatic N) is 1. The number of ether oxygens (including phenoxy) is 3. The summed E-state index contributed by atoms with van der Waals surface area (Å²) in [5.41, 5.74) is 1.21. The maximum atomic E-state index is 12.7. The number of nitrogens with one attached hydrogen (secondary N) is 1. The number of thioether (sulfide) groups is 1. The quantitative estimate of drug-likeness (QED) is 0.596. The zero-order valence-corrected chi connectivity index (χ0v) is 19.0. The van der Waals surface area contributed by atoms with E-state index in [1.54, 1.807) is 55.7 Å². The summed E-state index contributed by atoms with van der Waals surface area (Å²) in [5.74, 6) is 0.759. The molecule has 0 spiro atoms. The van der Waals surface area contributed by atoms with Gasteiger partial charge in [0.2, 0.25) is 5.91 Å². The van der Waals surface area contributed by atoms with E-state index in [2.05, 4.69) is 5.32 Å². The van der Waals surface area contributed by atoms with E-state index in [0.29, 0.717) is 28.5 Å². The Bertz CT molecular complexity index is 1050. The average molecular weight is 457 g/mol. The Labute approximate surface area is 190 Å². The first-order valence-electron chi connectivity index (χ1n) is 9.84. The van der Waals surface area contributed by atoms with Gasteiger partial charge in [-0.05, 0) is 73.6 Å². The fourth-order valence-corrected chi connectivity index (χ4v) is 3.77. The van der Waals surface area contributed by atoms with Crippen LogP contribution in [0.3, 0.4) is 0 Å². The SMILES string of the molecule is COc1ccc(NC(=O)CN2C(=O)S/C(=C\c3ccc(OC(C)C)c(OC)c3)C2=O)cc1. The van der Waals surface area contributed by atoms with E-state index in [9.17, 15) is 14.4 Å². The molecule has 0 saturated carbocycles. The van der Waals surface area contributed by atoms with Gasteiger partial charge in [0.25, 0.3) is 11.1 Å². The zero-order chi connectivity index (χ0) is 23.3. The molecule has 2 aromatic carbocycles. The largest absolute Gasteiger partial charge is 0.497 e. The maximum Gasteiger partial charge on any atom is 0.294 e. The number of hydrogen-bond donors (Lipinski definition) is 1. The molecule has 1 N–H and O–H groups in total. The Morgan fingerprint density at radius 3 is 2.41 bits per heavy atom. The predicted octanol–water partition coefficient (Wildman–Crippen LogP) is 4.17. The fraction of sp³-hybridized carbons (Fsp3) is 0.261. The molecule has 1 aliphatic heterocycles. The van der Waals surface area contributed by atoms with Crippen molar-refractivity contribution in [2.24, 2.45) is 0 Å². The summed E-state index contributed by atoms with van der Waals surface area (Å²) < 4.78 is 16.1. The lowest BCUT2D eigenvalue weighted by molar-refractivity contribution is -0.127. The van der Waals surface area contributed by atoms with Crippen LogP contribution in [-0.2, 0) is 9.59 Å². The first-order valence-corrected chi connectivity index (χ1v) is 10.7. The summed E-state index contributed by atoms with van der Waals surface area (Å²) >= 11 is 0.788. The summed E-state index contributed by atoms with van der Waals surface area (Å²) in [6.07, 6.45) is 1.57. The van der Waals surface area contributed by atoms with Gasteiger partial charge in [-0.1, -0.05) is 6.07 Å². The molecule has 0 bridgehead atoms. The highest BCUT2D eigenvalue weighted by molar-refractivity contribution is 8.18. The van der Waals surface area contributed by atoms with Crippen molar-refractivity contribution in [3.8, 4) is 17.2 Å². The highest BCUT2D eigenvalue weighted by Crippen LogP contribution is 2.34. The van der Waals surface area contributed by atoms with Crippen LogP contribution in [-0.4, -0.2) is 48.8 Å². The predicted molar refractivity (Wildman–Crippen MR) is 123 cm³/mol. The Morgan fingerprint density at radius 2 is 1.78 bits per heavy atom. The van der Waals surface area contributed by atoms with E-state index in [1.807, 2.05) is 13.8 Å². The van der Waals surface area contributed by atoms with E-state index < -0.39 is 17.1 Å². The lowest BCUT2D eigenvalue weighted by Crippen LogP contribution is -2.36. The maximum absolute atomic E-state index is 12.7. The van der Waals surface area contributed by atoms with Gasteiger partial charge in [0.1, 0.15) is 12.3 Å². The molecule has 8 nitrogen and oxygen atoms in total. The number of carbonyl (C=O) groups is 3. The second-order valence-corrected chi connectivity index (χ2v) is 8.11. The Hall–Kier alpha value is -3.46. The molecule has 1 heterocycles. The molecule has 9 heteroatoms. The third-order valence-electron chi connectivity index (χ3n) is 4.40. The van der Waals surface area contributed by atoms with Gasteiger partial charge in [-0.15, -0.1) is 0 Å². The number of benzene rings is 2. The van der Waals surface area contributed by atoms with Crippen molar-refractivity contribution in [1.82, 2.24) is 4.90 Å². The molecule has 168 valence electrons. The molecule has 3 rings (SSSR count). The van der Waals surface area contributed by atoms with Crippen LogP contribution in [0.1, 0.15) is 19.4 Å². The monoisotopic (exact) mass is 456 g/mol. The third-order valence-corrected chi connectivity index (χ3v) is 5.30. The lowest BCUT2D eigenvalue weighted by atomic mass is 10.2. The molecule has 1 aliphatic rings. The van der Waals surface area contributed by atoms with Gasteiger partial charge < -0.3 is 19.5 Å². The van der Waals surface area contributed by atoms with Crippen LogP contribution in [0.5, 0.6) is 17.2 Å². The van der Waals surface area contributed by atoms with Crippen molar-refractivity contribution in [2.75, 3.05) is 26.1 Å². The molecule has 2 aromatic rings. The summed E-state index contributed by atoms with van der Waals surface area (Å²) in [6.45, 7) is 3.45. The Morgan fingerprint density at radius 1 is 1.06 bits per heavy atom. The van der Waals surface area contributed by atoms with Gasteiger partial charge in [-0.2, -0.15) is 0 Å². The number of carbonyl (C=O) groups excluding carboxylic acids is 3. The van der Waals surface area contributed by atoms with Crippen LogP contribution in [0.2, 0.25) is 0 Å².